The predicted octanol–water partition coefficient (Wildman–Crippen LogP) is 2.59. The Hall–Kier alpha value is -2.24. The lowest BCUT2D eigenvalue weighted by Gasteiger charge is -2.24. The zero-order valence-corrected chi connectivity index (χ0v) is 13.8. The third kappa shape index (κ3) is 3.41. The molecule has 1 fully saturated rings. The summed E-state index contributed by atoms with van der Waals surface area (Å²) in [6.45, 7) is 7.72. The van der Waals surface area contributed by atoms with Crippen LogP contribution in [0.2, 0.25) is 0 Å². The number of carbonyl (C=O) groups excluding carboxylic acids is 1. The molecule has 124 valence electrons. The molecule has 2 aromatic heterocycles. The molecule has 23 heavy (non-hydrogen) atoms. The molecule has 0 radical (unpaired) electrons. The van der Waals surface area contributed by atoms with Gasteiger partial charge in [0.05, 0.1) is 0 Å². The van der Waals surface area contributed by atoms with Crippen molar-refractivity contribution in [1.82, 2.24) is 14.5 Å². The number of aromatic nitrogens is 2. The first-order valence-corrected chi connectivity index (χ1v) is 7.98. The summed E-state index contributed by atoms with van der Waals surface area (Å²) in [6, 6.07) is 3.85. The van der Waals surface area contributed by atoms with Crippen LogP contribution in [0.3, 0.4) is 0 Å². The number of hydrogen-bond donors (Lipinski definition) is 1. The van der Waals surface area contributed by atoms with Crippen LogP contribution >= 0.6 is 0 Å². The van der Waals surface area contributed by atoms with E-state index in [-0.39, 0.29) is 11.7 Å². The van der Waals surface area contributed by atoms with Gasteiger partial charge in [0.2, 0.25) is 0 Å². The highest BCUT2D eigenvalue weighted by molar-refractivity contribution is 5.78. The molecule has 1 atom stereocenters. The second kappa shape index (κ2) is 5.76. The average Bonchev–Trinajstić information content (AvgIpc) is 3.06. The number of rotatable bonds is 2. The summed E-state index contributed by atoms with van der Waals surface area (Å²) in [4.78, 5) is 28.6. The van der Waals surface area contributed by atoms with E-state index < -0.39 is 5.60 Å². The van der Waals surface area contributed by atoms with Gasteiger partial charge in [-0.25, -0.2) is 4.79 Å². The minimum atomic E-state index is -0.473. The van der Waals surface area contributed by atoms with Crippen molar-refractivity contribution in [3.05, 3.63) is 34.9 Å². The SMILES string of the molecule is CC(C)(C)OC(=O)N1CCC(Cn2ccc3cc[nH]c(=O)c32)C1. The van der Waals surface area contributed by atoms with Crippen LogP contribution in [0.25, 0.3) is 10.9 Å². The molecule has 1 amide bonds. The monoisotopic (exact) mass is 317 g/mol. The smallest absolute Gasteiger partial charge is 0.410 e. The van der Waals surface area contributed by atoms with Gasteiger partial charge in [-0.15, -0.1) is 0 Å². The number of carbonyl (C=O) groups is 1. The Labute approximate surface area is 135 Å². The van der Waals surface area contributed by atoms with Crippen molar-refractivity contribution in [1.29, 1.82) is 0 Å². The number of fused-ring (bicyclic) bond motifs is 1. The minimum absolute atomic E-state index is 0.0745. The van der Waals surface area contributed by atoms with Gasteiger partial charge in [0.15, 0.2) is 0 Å². The van der Waals surface area contributed by atoms with E-state index in [4.69, 9.17) is 4.74 Å². The first kappa shape index (κ1) is 15.6. The first-order valence-electron chi connectivity index (χ1n) is 7.98. The summed E-state index contributed by atoms with van der Waals surface area (Å²) >= 11 is 0. The van der Waals surface area contributed by atoms with Crippen LogP contribution in [0.15, 0.2) is 29.3 Å². The number of ether oxygens (including phenoxy) is 1. The number of H-pyrrole nitrogens is 1. The highest BCUT2D eigenvalue weighted by Crippen LogP contribution is 2.22. The molecule has 1 aliphatic rings. The second-order valence-electron chi connectivity index (χ2n) is 7.16. The summed E-state index contributed by atoms with van der Waals surface area (Å²) in [5.41, 5.74) is 0.150. The van der Waals surface area contributed by atoms with Crippen LogP contribution in [-0.4, -0.2) is 39.2 Å². The molecule has 1 saturated heterocycles. The Kier molecular flexibility index (Phi) is 3.92. The van der Waals surface area contributed by atoms with Gasteiger partial charge < -0.3 is 19.2 Å². The Morgan fingerprint density at radius 3 is 2.91 bits per heavy atom. The molecular formula is C17H23N3O3. The summed E-state index contributed by atoms with van der Waals surface area (Å²) in [7, 11) is 0. The molecule has 0 spiro atoms. The lowest BCUT2D eigenvalue weighted by Crippen LogP contribution is -2.35. The van der Waals surface area contributed by atoms with E-state index in [0.717, 1.165) is 18.4 Å². The standard InChI is InChI=1S/C17H23N3O3/c1-17(2,3)23-16(22)20-8-5-12(11-20)10-19-9-6-13-4-7-18-15(21)14(13)19/h4,6-7,9,12H,5,8,10-11H2,1-3H3,(H,18,21). The molecule has 0 aliphatic carbocycles. The van der Waals surface area contributed by atoms with E-state index in [1.165, 1.54) is 0 Å². The molecule has 6 heteroatoms. The normalized spacial score (nSPS) is 18.6. The molecule has 0 bridgehead atoms. The fraction of sp³-hybridized carbons (Fsp3) is 0.529. The van der Waals surface area contributed by atoms with Crippen molar-refractivity contribution in [3.8, 4) is 0 Å². The Morgan fingerprint density at radius 2 is 2.17 bits per heavy atom. The van der Waals surface area contributed by atoms with E-state index in [2.05, 4.69) is 4.98 Å². The van der Waals surface area contributed by atoms with Gasteiger partial charge in [0.25, 0.3) is 5.56 Å². The maximum atomic E-state index is 12.1. The molecule has 6 nitrogen and oxygen atoms in total. The number of nitrogens with one attached hydrogen (secondary N) is 1. The van der Waals surface area contributed by atoms with Crippen LogP contribution in [0.1, 0.15) is 27.2 Å². The third-order valence-electron chi connectivity index (χ3n) is 4.08. The van der Waals surface area contributed by atoms with Gasteiger partial charge >= 0.3 is 6.09 Å². The van der Waals surface area contributed by atoms with Crippen molar-refractivity contribution < 1.29 is 9.53 Å². The molecule has 1 N–H and O–H groups in total. The van der Waals surface area contributed by atoms with Crippen LogP contribution in [0.5, 0.6) is 0 Å². The Balaban J connectivity index is 1.68. The number of nitrogens with zero attached hydrogens (tertiary/aromatic N) is 2. The van der Waals surface area contributed by atoms with E-state index >= 15 is 0 Å². The zero-order valence-electron chi connectivity index (χ0n) is 13.8. The molecule has 1 unspecified atom stereocenters. The summed E-state index contributed by atoms with van der Waals surface area (Å²) in [5, 5.41) is 0.941. The van der Waals surface area contributed by atoms with Gasteiger partial charge in [-0.05, 0) is 45.2 Å². The van der Waals surface area contributed by atoms with Crippen LogP contribution < -0.4 is 5.56 Å². The maximum Gasteiger partial charge on any atom is 0.410 e. The van der Waals surface area contributed by atoms with Gasteiger partial charge in [-0.1, -0.05) is 0 Å². The van der Waals surface area contributed by atoms with Crippen molar-refractivity contribution in [2.75, 3.05) is 13.1 Å². The number of amides is 1. The second-order valence-corrected chi connectivity index (χ2v) is 7.16. The highest BCUT2D eigenvalue weighted by Gasteiger charge is 2.30. The van der Waals surface area contributed by atoms with Crippen molar-refractivity contribution in [2.24, 2.45) is 5.92 Å². The lowest BCUT2D eigenvalue weighted by molar-refractivity contribution is 0.0287. The topological polar surface area (TPSA) is 67.3 Å². The third-order valence-corrected chi connectivity index (χ3v) is 4.08. The number of likely N-dealkylation sites (tertiary alicyclic amines) is 1. The first-order chi connectivity index (χ1) is 10.8. The lowest BCUT2D eigenvalue weighted by atomic mass is 10.1. The molecule has 3 heterocycles. The highest BCUT2D eigenvalue weighted by atomic mass is 16.6. The summed E-state index contributed by atoms with van der Waals surface area (Å²) in [5.74, 6) is 0.331. The van der Waals surface area contributed by atoms with Crippen molar-refractivity contribution >= 4 is 17.0 Å². The van der Waals surface area contributed by atoms with Gasteiger partial charge in [-0.3, -0.25) is 4.79 Å². The fourth-order valence-corrected chi connectivity index (χ4v) is 3.07. The minimum Gasteiger partial charge on any atom is -0.444 e. The van der Waals surface area contributed by atoms with Crippen molar-refractivity contribution in [3.63, 3.8) is 0 Å². The summed E-state index contributed by atoms with van der Waals surface area (Å²) in [6.07, 6.45) is 4.27. The van der Waals surface area contributed by atoms with Gasteiger partial charge in [-0.2, -0.15) is 0 Å². The molecular weight excluding hydrogens is 294 g/mol. The van der Waals surface area contributed by atoms with Crippen LogP contribution in [-0.2, 0) is 11.3 Å². The van der Waals surface area contributed by atoms with Gasteiger partial charge in [0, 0.05) is 37.4 Å². The number of aromatic amines is 1. The Morgan fingerprint density at radius 1 is 1.39 bits per heavy atom. The molecule has 0 aromatic carbocycles. The van der Waals surface area contributed by atoms with E-state index in [0.29, 0.717) is 24.5 Å². The van der Waals surface area contributed by atoms with Crippen LogP contribution in [0, 0.1) is 5.92 Å². The fourth-order valence-electron chi connectivity index (χ4n) is 3.07. The quantitative estimate of drug-likeness (QED) is 0.925. The largest absolute Gasteiger partial charge is 0.444 e. The van der Waals surface area contributed by atoms with Gasteiger partial charge in [0.1, 0.15) is 11.1 Å². The zero-order chi connectivity index (χ0) is 16.6. The molecule has 0 saturated carbocycles. The number of hydrogen-bond acceptors (Lipinski definition) is 3. The van der Waals surface area contributed by atoms with E-state index in [1.807, 2.05) is 43.7 Å². The summed E-state index contributed by atoms with van der Waals surface area (Å²) < 4.78 is 7.40. The molecule has 1 aliphatic heterocycles. The molecule has 3 rings (SSSR count). The predicted molar refractivity (Wildman–Crippen MR) is 88.5 cm³/mol. The Bertz CT molecular complexity index is 769. The van der Waals surface area contributed by atoms with E-state index in [9.17, 15) is 9.59 Å². The maximum absolute atomic E-state index is 12.1. The van der Waals surface area contributed by atoms with Crippen LogP contribution in [0.4, 0.5) is 4.79 Å². The molecule has 2 aromatic rings. The van der Waals surface area contributed by atoms with E-state index in [1.54, 1.807) is 11.1 Å². The van der Waals surface area contributed by atoms with Crippen molar-refractivity contribution in [2.45, 2.75) is 39.3 Å². The number of pyridine rings is 1. The average molecular weight is 317 g/mol.